The highest BCUT2D eigenvalue weighted by atomic mass is 35.5. The fourth-order valence-corrected chi connectivity index (χ4v) is 5.51. The Morgan fingerprint density at radius 2 is 1.82 bits per heavy atom. The molecule has 0 aliphatic heterocycles. The van der Waals surface area contributed by atoms with Crippen molar-refractivity contribution in [1.82, 2.24) is 4.72 Å². The minimum absolute atomic E-state index is 0.0411. The first kappa shape index (κ1) is 29.7. The average molecular weight is 573 g/mol. The van der Waals surface area contributed by atoms with Gasteiger partial charge < -0.3 is 9.94 Å². The van der Waals surface area contributed by atoms with Crippen molar-refractivity contribution in [2.24, 2.45) is 11.1 Å². The Morgan fingerprint density at radius 3 is 2.45 bits per heavy atom. The molecule has 1 fully saturated rings. The molecular formula is C26H28ClF3N2O5S. The largest absolute Gasteiger partial charge is 0.481 e. The third kappa shape index (κ3) is 8.85. The third-order valence-electron chi connectivity index (χ3n) is 6.07. The van der Waals surface area contributed by atoms with E-state index < -0.39 is 33.8 Å². The number of carboxylic acid groups (broad SMARTS) is 1. The fourth-order valence-electron chi connectivity index (χ4n) is 4.07. The summed E-state index contributed by atoms with van der Waals surface area (Å²) < 4.78 is 66.9. The van der Waals surface area contributed by atoms with E-state index in [1.165, 1.54) is 36.4 Å². The number of nitrogens with one attached hydrogen (secondary N) is 1. The van der Waals surface area contributed by atoms with Crippen molar-refractivity contribution >= 4 is 33.3 Å². The number of halogens is 4. The normalized spacial score (nSPS) is 19.3. The number of benzene rings is 2. The van der Waals surface area contributed by atoms with Crippen molar-refractivity contribution in [3.63, 3.8) is 0 Å². The topological polar surface area (TPSA) is 105 Å². The van der Waals surface area contributed by atoms with E-state index in [1.54, 1.807) is 0 Å². The van der Waals surface area contributed by atoms with Crippen LogP contribution >= 0.6 is 11.6 Å². The lowest BCUT2D eigenvalue weighted by molar-refractivity contribution is -0.138. The van der Waals surface area contributed by atoms with E-state index in [-0.39, 0.29) is 23.8 Å². The molecule has 2 aromatic rings. The summed E-state index contributed by atoms with van der Waals surface area (Å²) in [5, 5.41) is 13.4. The molecule has 0 unspecified atom stereocenters. The first-order chi connectivity index (χ1) is 18.0. The molecule has 0 heterocycles. The average Bonchev–Trinajstić information content (AvgIpc) is 3.21. The molecule has 1 aliphatic carbocycles. The Hall–Kier alpha value is -2.89. The van der Waals surface area contributed by atoms with Crippen molar-refractivity contribution in [3.8, 4) is 0 Å². The summed E-state index contributed by atoms with van der Waals surface area (Å²) in [7, 11) is -3.83. The summed E-state index contributed by atoms with van der Waals surface area (Å²) in [4.78, 5) is 16.2. The zero-order chi connectivity index (χ0) is 27.8. The summed E-state index contributed by atoms with van der Waals surface area (Å²) in [6.45, 7) is -0.0411. The summed E-state index contributed by atoms with van der Waals surface area (Å²) in [6, 6.07) is 9.93. The molecule has 2 N–H and O–H groups in total. The van der Waals surface area contributed by atoms with E-state index in [2.05, 4.69) is 9.88 Å². The molecule has 0 aromatic heterocycles. The van der Waals surface area contributed by atoms with E-state index in [1.807, 2.05) is 12.2 Å². The zero-order valence-electron chi connectivity index (χ0n) is 20.3. The Kier molecular flexibility index (Phi) is 10.3. The number of unbranched alkanes of at least 4 members (excludes halogenated alkanes) is 1. The van der Waals surface area contributed by atoms with Crippen molar-refractivity contribution in [1.29, 1.82) is 0 Å². The molecular weight excluding hydrogens is 545 g/mol. The molecule has 2 atom stereocenters. The summed E-state index contributed by atoms with van der Waals surface area (Å²) in [5.74, 6) is -1.19. The Morgan fingerprint density at radius 1 is 1.13 bits per heavy atom. The first-order valence-electron chi connectivity index (χ1n) is 12.0. The first-order valence-corrected chi connectivity index (χ1v) is 13.8. The quantitative estimate of drug-likeness (QED) is 0.179. The second kappa shape index (κ2) is 13.3. The maximum absolute atomic E-state index is 12.9. The van der Waals surface area contributed by atoms with Gasteiger partial charge >= 0.3 is 12.1 Å². The molecule has 0 bridgehead atoms. The number of allylic oxidation sites excluding steroid dienone is 2. The number of alkyl halides is 3. The van der Waals surface area contributed by atoms with E-state index in [4.69, 9.17) is 21.5 Å². The number of hydrogen-bond donors (Lipinski definition) is 2. The lowest BCUT2D eigenvalue weighted by Gasteiger charge is -2.20. The fraction of sp³-hybridized carbons (Fsp3) is 0.385. The smallest absolute Gasteiger partial charge is 0.416 e. The molecule has 1 saturated carbocycles. The van der Waals surface area contributed by atoms with Crippen molar-refractivity contribution in [3.05, 3.63) is 76.8 Å². The van der Waals surface area contributed by atoms with Gasteiger partial charge in [0.1, 0.15) is 6.61 Å². The lowest BCUT2D eigenvalue weighted by atomic mass is 9.98. The number of carboxylic acids is 1. The van der Waals surface area contributed by atoms with Gasteiger partial charge in [0, 0.05) is 23.4 Å². The van der Waals surface area contributed by atoms with E-state index in [0.717, 1.165) is 12.1 Å². The Bertz CT molecular complexity index is 1250. The van der Waals surface area contributed by atoms with E-state index >= 15 is 0 Å². The predicted molar refractivity (Wildman–Crippen MR) is 137 cm³/mol. The second-order valence-electron chi connectivity index (χ2n) is 8.87. The molecule has 1 aliphatic rings. The van der Waals surface area contributed by atoms with Gasteiger partial charge in [-0.25, -0.2) is 13.1 Å². The standard InChI is InChI=1S/C26H28ClF3N2O5S/c27-20-11-13-21(14-12-20)38(35,36)32-24-16-15-23(22(24)5-3-1-2-4-6-25(33)34)31-37-17-18-7-9-19(10-8-18)26(28,29)30/h1,3,7-14,22,24,32H,2,4-6,15-17H2,(H,33,34)/b3-1-,31-23+/t22-,24-/m0/s1. The molecule has 0 spiro atoms. The highest BCUT2D eigenvalue weighted by Gasteiger charge is 2.36. The number of nitrogens with zero attached hydrogens (tertiary/aromatic N) is 1. The van der Waals surface area contributed by atoms with Gasteiger partial charge in [0.15, 0.2) is 0 Å². The molecule has 206 valence electrons. The van der Waals surface area contributed by atoms with Gasteiger partial charge in [-0.05, 0) is 74.1 Å². The van der Waals surface area contributed by atoms with Crippen molar-refractivity contribution in [2.45, 2.75) is 62.2 Å². The van der Waals surface area contributed by atoms with Gasteiger partial charge in [-0.15, -0.1) is 0 Å². The maximum atomic E-state index is 12.9. The molecule has 0 radical (unpaired) electrons. The minimum atomic E-state index is -4.42. The number of sulfonamides is 1. The molecule has 2 aromatic carbocycles. The monoisotopic (exact) mass is 572 g/mol. The molecule has 3 rings (SSSR count). The van der Waals surface area contributed by atoms with Crippen LogP contribution in [0.3, 0.4) is 0 Å². The van der Waals surface area contributed by atoms with Crippen LogP contribution < -0.4 is 4.72 Å². The Labute approximate surface area is 224 Å². The second-order valence-corrected chi connectivity index (χ2v) is 11.0. The molecule has 7 nitrogen and oxygen atoms in total. The van der Waals surface area contributed by atoms with Gasteiger partial charge in [-0.3, -0.25) is 4.79 Å². The van der Waals surface area contributed by atoms with Crippen LogP contribution in [0.2, 0.25) is 5.02 Å². The van der Waals surface area contributed by atoms with Crippen LogP contribution in [0.5, 0.6) is 0 Å². The highest BCUT2D eigenvalue weighted by Crippen LogP contribution is 2.30. The molecule has 0 saturated heterocycles. The van der Waals surface area contributed by atoms with Crippen LogP contribution in [-0.2, 0) is 32.4 Å². The summed E-state index contributed by atoms with van der Waals surface area (Å²) in [5.41, 5.74) is 0.389. The van der Waals surface area contributed by atoms with Crippen LogP contribution in [-0.4, -0.2) is 31.2 Å². The predicted octanol–water partition coefficient (Wildman–Crippen LogP) is 6.19. The van der Waals surface area contributed by atoms with Crippen molar-refractivity contribution < 1.29 is 36.3 Å². The van der Waals surface area contributed by atoms with Crippen molar-refractivity contribution in [2.75, 3.05) is 0 Å². The number of carbonyl (C=O) groups is 1. The van der Waals surface area contributed by atoms with Gasteiger partial charge in [-0.1, -0.05) is 41.0 Å². The number of oxime groups is 1. The minimum Gasteiger partial charge on any atom is -0.481 e. The molecule has 0 amide bonds. The van der Waals surface area contributed by atoms with Crippen LogP contribution in [0.4, 0.5) is 13.2 Å². The summed E-state index contributed by atoms with van der Waals surface area (Å²) in [6.07, 6.45) is 1.80. The third-order valence-corrected chi connectivity index (χ3v) is 7.83. The van der Waals surface area contributed by atoms with Gasteiger partial charge in [0.2, 0.25) is 10.0 Å². The number of hydrogen-bond acceptors (Lipinski definition) is 5. The molecule has 38 heavy (non-hydrogen) atoms. The molecule has 12 heteroatoms. The SMILES string of the molecule is O=C(O)CCC/C=C\C[C@H]1/C(=N/OCc2ccc(C(F)(F)F)cc2)CC[C@@H]1NS(=O)(=O)c1ccc(Cl)cc1. The number of aliphatic carboxylic acids is 1. The Balaban J connectivity index is 1.69. The maximum Gasteiger partial charge on any atom is 0.416 e. The van der Waals surface area contributed by atoms with E-state index in [9.17, 15) is 26.4 Å². The lowest BCUT2D eigenvalue weighted by Crippen LogP contribution is -2.38. The van der Waals surface area contributed by atoms with Gasteiger partial charge in [0.25, 0.3) is 0 Å². The van der Waals surface area contributed by atoms with Crippen LogP contribution in [0.15, 0.2) is 70.7 Å². The van der Waals surface area contributed by atoms with Crippen LogP contribution in [0.25, 0.3) is 0 Å². The number of rotatable bonds is 12. The van der Waals surface area contributed by atoms with Gasteiger partial charge in [-0.2, -0.15) is 13.2 Å². The highest BCUT2D eigenvalue weighted by molar-refractivity contribution is 7.89. The van der Waals surface area contributed by atoms with Gasteiger partial charge in [0.05, 0.1) is 16.2 Å². The summed E-state index contributed by atoms with van der Waals surface area (Å²) >= 11 is 5.87. The van der Waals surface area contributed by atoms with E-state index in [0.29, 0.717) is 48.4 Å². The van der Waals surface area contributed by atoms with Crippen LogP contribution in [0.1, 0.15) is 49.7 Å². The van der Waals surface area contributed by atoms with Crippen LogP contribution in [0, 0.1) is 5.92 Å². The zero-order valence-corrected chi connectivity index (χ0v) is 21.9.